The summed E-state index contributed by atoms with van der Waals surface area (Å²) in [6, 6.07) is 10.2. The van der Waals surface area contributed by atoms with Gasteiger partial charge in [-0.1, -0.05) is 12.1 Å². The molecular weight excluding hydrogens is 412 g/mol. The number of rotatable bonds is 8. The summed E-state index contributed by atoms with van der Waals surface area (Å²) < 4.78 is 0. The molecule has 10 N–H and O–H groups in total. The molecule has 10 nitrogen and oxygen atoms in total. The van der Waals surface area contributed by atoms with Gasteiger partial charge in [-0.05, 0) is 49.2 Å². The van der Waals surface area contributed by atoms with Gasteiger partial charge in [0.2, 0.25) is 11.8 Å². The average molecular weight is 443 g/mol. The number of anilines is 2. The number of nitrogens with two attached hydrogens (primary N) is 4. The van der Waals surface area contributed by atoms with Gasteiger partial charge in [-0.3, -0.25) is 19.2 Å². The van der Waals surface area contributed by atoms with Gasteiger partial charge in [0, 0.05) is 48.4 Å². The van der Waals surface area contributed by atoms with Crippen LogP contribution in [-0.4, -0.2) is 36.7 Å². The van der Waals surface area contributed by atoms with Crippen molar-refractivity contribution in [3.63, 3.8) is 0 Å². The lowest BCUT2D eigenvalue weighted by atomic mass is 10.1. The summed E-state index contributed by atoms with van der Waals surface area (Å²) in [6.45, 7) is 4.12. The van der Waals surface area contributed by atoms with E-state index in [0.29, 0.717) is 22.5 Å². The van der Waals surface area contributed by atoms with Crippen molar-refractivity contribution in [1.82, 2.24) is 10.6 Å². The van der Waals surface area contributed by atoms with E-state index in [-0.39, 0.29) is 37.7 Å². The number of aryl methyl sites for hydroxylation is 2. The fourth-order valence-corrected chi connectivity index (χ4v) is 2.56. The van der Waals surface area contributed by atoms with Gasteiger partial charge >= 0.3 is 0 Å². The monoisotopic (exact) mass is 442 g/mol. The molecule has 0 aromatic heterocycles. The zero-order valence-electron chi connectivity index (χ0n) is 18.2. The maximum absolute atomic E-state index is 11.7. The van der Waals surface area contributed by atoms with Gasteiger partial charge < -0.3 is 33.6 Å². The number of carbonyl (C=O) groups is 4. The summed E-state index contributed by atoms with van der Waals surface area (Å²) in [5.41, 5.74) is 24.9. The minimum absolute atomic E-state index is 0.132. The van der Waals surface area contributed by atoms with Crippen LogP contribution in [0.3, 0.4) is 0 Å². The molecule has 0 radical (unpaired) electrons. The van der Waals surface area contributed by atoms with E-state index in [2.05, 4.69) is 10.6 Å². The standard InChI is InChI=1S/2C11H15N3O2/c2*1-7-2-3-8(12)6-9(7)11(16)14-5-4-10(13)15/h2*2-3,6H,4-5,12H2,1H3,(H2,13,15)(H,14,16). The molecule has 172 valence electrons. The number of carbonyl (C=O) groups excluding carboxylic acids is 4. The Labute approximate surface area is 186 Å². The van der Waals surface area contributed by atoms with Crippen LogP contribution in [0.15, 0.2) is 36.4 Å². The molecule has 0 fully saturated rings. The largest absolute Gasteiger partial charge is 0.399 e. The SMILES string of the molecule is Cc1ccc(N)cc1C(=O)NCCC(N)=O.Cc1ccc(N)cc1C(=O)NCCC(N)=O. The smallest absolute Gasteiger partial charge is 0.251 e. The Morgan fingerprint density at radius 3 is 1.34 bits per heavy atom. The minimum atomic E-state index is -0.440. The topological polar surface area (TPSA) is 196 Å². The summed E-state index contributed by atoms with van der Waals surface area (Å²) in [4.78, 5) is 44.3. The Bertz CT molecular complexity index is 911. The molecule has 0 heterocycles. The van der Waals surface area contributed by atoms with E-state index in [1.54, 1.807) is 36.4 Å². The highest BCUT2D eigenvalue weighted by atomic mass is 16.2. The number of amides is 4. The molecule has 0 unspecified atom stereocenters. The highest BCUT2D eigenvalue weighted by molar-refractivity contribution is 5.97. The van der Waals surface area contributed by atoms with Crippen molar-refractivity contribution in [2.24, 2.45) is 11.5 Å². The predicted octanol–water partition coefficient (Wildman–Crippen LogP) is 0.365. The first-order valence-corrected chi connectivity index (χ1v) is 9.86. The molecule has 0 aliphatic heterocycles. The van der Waals surface area contributed by atoms with Crippen molar-refractivity contribution in [3.05, 3.63) is 58.7 Å². The Kier molecular flexibility index (Phi) is 10.2. The normalized spacial score (nSPS) is 9.81. The maximum atomic E-state index is 11.7. The predicted molar refractivity (Wildman–Crippen MR) is 123 cm³/mol. The van der Waals surface area contributed by atoms with Crippen LogP contribution in [0.2, 0.25) is 0 Å². The third kappa shape index (κ3) is 9.16. The Balaban J connectivity index is 0.000000320. The van der Waals surface area contributed by atoms with Crippen LogP contribution in [0.25, 0.3) is 0 Å². The van der Waals surface area contributed by atoms with E-state index in [9.17, 15) is 19.2 Å². The van der Waals surface area contributed by atoms with E-state index in [4.69, 9.17) is 22.9 Å². The summed E-state index contributed by atoms with van der Waals surface area (Å²) in [5, 5.41) is 5.21. The van der Waals surface area contributed by atoms with Gasteiger partial charge in [-0.25, -0.2) is 0 Å². The minimum Gasteiger partial charge on any atom is -0.399 e. The van der Waals surface area contributed by atoms with Crippen molar-refractivity contribution >= 4 is 35.0 Å². The van der Waals surface area contributed by atoms with Crippen LogP contribution in [0.1, 0.15) is 44.7 Å². The molecule has 4 amide bonds. The number of nitrogens with one attached hydrogen (secondary N) is 2. The van der Waals surface area contributed by atoms with Crippen LogP contribution < -0.4 is 33.6 Å². The van der Waals surface area contributed by atoms with Gasteiger partial charge in [0.05, 0.1) is 0 Å². The van der Waals surface area contributed by atoms with Crippen molar-refractivity contribution in [2.45, 2.75) is 26.7 Å². The second-order valence-corrected chi connectivity index (χ2v) is 7.09. The van der Waals surface area contributed by atoms with Gasteiger partial charge in [0.1, 0.15) is 0 Å². The number of hydrogen-bond acceptors (Lipinski definition) is 6. The fourth-order valence-electron chi connectivity index (χ4n) is 2.56. The molecule has 0 saturated heterocycles. The lowest BCUT2D eigenvalue weighted by Crippen LogP contribution is -2.28. The van der Waals surface area contributed by atoms with Gasteiger partial charge in [-0.2, -0.15) is 0 Å². The van der Waals surface area contributed by atoms with Crippen LogP contribution >= 0.6 is 0 Å². The number of primary amides is 2. The first-order chi connectivity index (χ1) is 15.0. The second kappa shape index (κ2) is 12.6. The van der Waals surface area contributed by atoms with Gasteiger partial charge in [-0.15, -0.1) is 0 Å². The van der Waals surface area contributed by atoms with Crippen LogP contribution in [0, 0.1) is 13.8 Å². The Hall–Kier alpha value is -4.08. The van der Waals surface area contributed by atoms with Gasteiger partial charge in [0.15, 0.2) is 0 Å². The third-order valence-electron chi connectivity index (χ3n) is 4.33. The van der Waals surface area contributed by atoms with E-state index >= 15 is 0 Å². The third-order valence-corrected chi connectivity index (χ3v) is 4.33. The molecule has 10 heteroatoms. The zero-order chi connectivity index (χ0) is 24.3. The molecular formula is C22H30N6O4. The van der Waals surface area contributed by atoms with Crippen molar-refractivity contribution in [2.75, 3.05) is 24.6 Å². The molecule has 2 rings (SSSR count). The number of benzene rings is 2. The summed E-state index contributed by atoms with van der Waals surface area (Å²) in [5.74, 6) is -1.37. The van der Waals surface area contributed by atoms with Crippen LogP contribution in [-0.2, 0) is 9.59 Å². The Morgan fingerprint density at radius 1 is 0.688 bits per heavy atom. The van der Waals surface area contributed by atoms with E-state index in [1.807, 2.05) is 13.8 Å². The first kappa shape index (κ1) is 26.0. The molecule has 0 atom stereocenters. The summed E-state index contributed by atoms with van der Waals surface area (Å²) in [7, 11) is 0. The summed E-state index contributed by atoms with van der Waals surface area (Å²) >= 11 is 0. The van der Waals surface area contributed by atoms with Crippen LogP contribution in [0.4, 0.5) is 11.4 Å². The van der Waals surface area contributed by atoms with Gasteiger partial charge in [0.25, 0.3) is 11.8 Å². The highest BCUT2D eigenvalue weighted by Crippen LogP contribution is 2.13. The fraction of sp³-hybridized carbons (Fsp3) is 0.273. The quantitative estimate of drug-likeness (QED) is 0.319. The number of hydrogen-bond donors (Lipinski definition) is 6. The Morgan fingerprint density at radius 2 is 1.03 bits per heavy atom. The van der Waals surface area contributed by atoms with Crippen molar-refractivity contribution < 1.29 is 19.2 Å². The maximum Gasteiger partial charge on any atom is 0.251 e. The molecule has 32 heavy (non-hydrogen) atoms. The molecule has 0 aliphatic carbocycles. The zero-order valence-corrected chi connectivity index (χ0v) is 18.2. The first-order valence-electron chi connectivity index (χ1n) is 9.86. The van der Waals surface area contributed by atoms with Crippen molar-refractivity contribution in [1.29, 1.82) is 0 Å². The molecule has 2 aromatic carbocycles. The molecule has 0 bridgehead atoms. The van der Waals surface area contributed by atoms with Crippen molar-refractivity contribution in [3.8, 4) is 0 Å². The van der Waals surface area contributed by atoms with E-state index < -0.39 is 11.8 Å². The number of nitrogen functional groups attached to an aromatic ring is 2. The van der Waals surface area contributed by atoms with E-state index in [1.165, 1.54) is 0 Å². The molecule has 2 aromatic rings. The van der Waals surface area contributed by atoms with Crippen LogP contribution in [0.5, 0.6) is 0 Å². The molecule has 0 aliphatic rings. The summed E-state index contributed by atoms with van der Waals surface area (Å²) in [6.07, 6.45) is 0.264. The lowest BCUT2D eigenvalue weighted by Gasteiger charge is -2.07. The molecule has 0 spiro atoms. The molecule has 0 saturated carbocycles. The van der Waals surface area contributed by atoms with E-state index in [0.717, 1.165) is 11.1 Å². The lowest BCUT2D eigenvalue weighted by molar-refractivity contribution is -0.118. The second-order valence-electron chi connectivity index (χ2n) is 7.09. The highest BCUT2D eigenvalue weighted by Gasteiger charge is 2.10. The average Bonchev–Trinajstić information content (AvgIpc) is 2.71.